The molecule has 29 heavy (non-hydrogen) atoms. The molecule has 8 nitrogen and oxygen atoms in total. The Balaban J connectivity index is 1.49. The molecule has 0 unspecified atom stereocenters. The van der Waals surface area contributed by atoms with Crippen LogP contribution in [0.25, 0.3) is 5.65 Å². The van der Waals surface area contributed by atoms with E-state index in [0.29, 0.717) is 30.8 Å². The molecule has 3 amide bonds. The molecule has 0 aliphatic carbocycles. The van der Waals surface area contributed by atoms with Crippen LogP contribution in [0.1, 0.15) is 47.2 Å². The highest BCUT2D eigenvalue weighted by molar-refractivity contribution is 7.09. The number of amides is 3. The second-order valence-corrected chi connectivity index (χ2v) is 8.53. The molecule has 9 heteroatoms. The van der Waals surface area contributed by atoms with E-state index in [1.165, 1.54) is 0 Å². The maximum Gasteiger partial charge on any atom is 0.317 e. The monoisotopic (exact) mass is 412 g/mol. The molecule has 0 spiro atoms. The highest BCUT2D eigenvalue weighted by atomic mass is 32.1. The molecular weight excluding hydrogens is 388 g/mol. The molecule has 2 N–H and O–H groups in total. The van der Waals surface area contributed by atoms with Gasteiger partial charge in [0.25, 0.3) is 5.91 Å². The predicted molar refractivity (Wildman–Crippen MR) is 111 cm³/mol. The van der Waals surface area contributed by atoms with Gasteiger partial charge in [0, 0.05) is 36.1 Å². The average Bonchev–Trinajstić information content (AvgIpc) is 3.44. The number of urea groups is 1. The third-order valence-electron chi connectivity index (χ3n) is 4.95. The van der Waals surface area contributed by atoms with E-state index >= 15 is 0 Å². The summed E-state index contributed by atoms with van der Waals surface area (Å²) in [6.45, 7) is 5.67. The number of carbonyl (C=O) groups excluding carboxylic acids is 2. The fraction of sp³-hybridized carbons (Fsp3) is 0.400. The van der Waals surface area contributed by atoms with Crippen molar-refractivity contribution < 1.29 is 9.59 Å². The van der Waals surface area contributed by atoms with Crippen LogP contribution < -0.4 is 10.6 Å². The second kappa shape index (κ2) is 8.20. The number of thiophene rings is 1. The summed E-state index contributed by atoms with van der Waals surface area (Å²) in [5, 5.41) is 16.4. The molecule has 4 rings (SSSR count). The Morgan fingerprint density at radius 3 is 2.90 bits per heavy atom. The summed E-state index contributed by atoms with van der Waals surface area (Å²) >= 11 is 1.61. The van der Waals surface area contributed by atoms with E-state index in [-0.39, 0.29) is 23.9 Å². The van der Waals surface area contributed by atoms with Crippen molar-refractivity contribution >= 4 is 28.9 Å². The second-order valence-electron chi connectivity index (χ2n) is 7.50. The molecule has 4 heterocycles. The van der Waals surface area contributed by atoms with Gasteiger partial charge in [0.05, 0.1) is 12.1 Å². The Morgan fingerprint density at radius 2 is 2.14 bits per heavy atom. The number of rotatable bonds is 5. The lowest BCUT2D eigenvalue weighted by Crippen LogP contribution is -2.41. The Morgan fingerprint density at radius 1 is 1.28 bits per heavy atom. The van der Waals surface area contributed by atoms with Crippen LogP contribution in [0.4, 0.5) is 4.79 Å². The van der Waals surface area contributed by atoms with Gasteiger partial charge in [-0.15, -0.1) is 21.5 Å². The van der Waals surface area contributed by atoms with E-state index in [9.17, 15) is 9.59 Å². The van der Waals surface area contributed by atoms with Crippen molar-refractivity contribution in [2.24, 2.45) is 0 Å². The first-order valence-corrected chi connectivity index (χ1v) is 10.6. The number of hydrogen-bond acceptors (Lipinski definition) is 5. The summed E-state index contributed by atoms with van der Waals surface area (Å²) in [5.74, 6) is 0.740. The molecule has 152 valence electrons. The Labute approximate surface area is 172 Å². The maximum atomic E-state index is 12.6. The van der Waals surface area contributed by atoms with E-state index in [1.807, 2.05) is 40.7 Å². The summed E-state index contributed by atoms with van der Waals surface area (Å²) in [4.78, 5) is 27.7. The van der Waals surface area contributed by atoms with Gasteiger partial charge in [-0.25, -0.2) is 4.79 Å². The van der Waals surface area contributed by atoms with Gasteiger partial charge < -0.3 is 15.5 Å². The summed E-state index contributed by atoms with van der Waals surface area (Å²) in [5.41, 5.74) is 1.25. The molecule has 3 aromatic rings. The van der Waals surface area contributed by atoms with Crippen LogP contribution in [0.2, 0.25) is 0 Å². The van der Waals surface area contributed by atoms with Gasteiger partial charge in [-0.3, -0.25) is 9.20 Å². The zero-order valence-corrected chi connectivity index (χ0v) is 17.3. The van der Waals surface area contributed by atoms with Crippen LogP contribution in [-0.2, 0) is 6.54 Å². The zero-order valence-electron chi connectivity index (χ0n) is 16.5. The molecule has 1 atom stereocenters. The normalized spacial score (nSPS) is 16.5. The number of pyridine rings is 1. The first kappa shape index (κ1) is 19.4. The van der Waals surface area contributed by atoms with Gasteiger partial charge in [0.2, 0.25) is 0 Å². The fourth-order valence-corrected chi connectivity index (χ4v) is 4.14. The van der Waals surface area contributed by atoms with Crippen LogP contribution in [-0.4, -0.2) is 50.6 Å². The third kappa shape index (κ3) is 4.24. The Hall–Kier alpha value is -2.94. The minimum atomic E-state index is -0.135. The number of nitrogens with one attached hydrogen (secondary N) is 2. The van der Waals surface area contributed by atoms with Gasteiger partial charge in [0.1, 0.15) is 5.82 Å². The standard InChI is InChI=1S/C20H24N6O2S/c1-13(2)22-20(28)25-8-7-14(11-25)18-24-23-17-6-5-15(12-26(17)18)19(27)21-10-16-4-3-9-29-16/h3-6,9,12-14H,7-8,10-11H2,1-2H3,(H,21,27)(H,22,28)/t14-/m0/s1. The predicted octanol–water partition coefficient (Wildman–Crippen LogP) is 2.63. The van der Waals surface area contributed by atoms with Crippen molar-refractivity contribution in [3.05, 3.63) is 52.1 Å². The largest absolute Gasteiger partial charge is 0.347 e. The summed E-state index contributed by atoms with van der Waals surface area (Å²) in [6.07, 6.45) is 2.60. The van der Waals surface area contributed by atoms with Gasteiger partial charge in [-0.2, -0.15) is 0 Å². The summed E-state index contributed by atoms with van der Waals surface area (Å²) < 4.78 is 1.87. The van der Waals surface area contributed by atoms with Gasteiger partial charge in [0.15, 0.2) is 5.65 Å². The van der Waals surface area contributed by atoms with Crippen LogP contribution in [0.3, 0.4) is 0 Å². The molecule has 0 bridgehead atoms. The van der Waals surface area contributed by atoms with Crippen LogP contribution in [0.5, 0.6) is 0 Å². The average molecular weight is 413 g/mol. The number of aromatic nitrogens is 3. The minimum absolute atomic E-state index is 0.0510. The first-order chi connectivity index (χ1) is 14.0. The van der Waals surface area contributed by atoms with Crippen molar-refractivity contribution in [3.63, 3.8) is 0 Å². The van der Waals surface area contributed by atoms with E-state index in [4.69, 9.17) is 0 Å². The van der Waals surface area contributed by atoms with E-state index in [1.54, 1.807) is 29.7 Å². The smallest absolute Gasteiger partial charge is 0.317 e. The van der Waals surface area contributed by atoms with Crippen molar-refractivity contribution in [1.29, 1.82) is 0 Å². The highest BCUT2D eigenvalue weighted by Crippen LogP contribution is 2.26. The molecule has 0 aromatic carbocycles. The quantitative estimate of drug-likeness (QED) is 0.674. The van der Waals surface area contributed by atoms with Crippen molar-refractivity contribution in [1.82, 2.24) is 30.1 Å². The van der Waals surface area contributed by atoms with Gasteiger partial charge >= 0.3 is 6.03 Å². The number of hydrogen-bond donors (Lipinski definition) is 2. The number of carbonyl (C=O) groups is 2. The lowest BCUT2D eigenvalue weighted by Gasteiger charge is -2.18. The Bertz CT molecular complexity index is 1010. The fourth-order valence-electron chi connectivity index (χ4n) is 3.50. The molecule has 3 aromatic heterocycles. The number of fused-ring (bicyclic) bond motifs is 1. The lowest BCUT2D eigenvalue weighted by molar-refractivity contribution is 0.0951. The molecule has 0 radical (unpaired) electrons. The minimum Gasteiger partial charge on any atom is -0.347 e. The van der Waals surface area contributed by atoms with E-state index in [2.05, 4.69) is 20.8 Å². The van der Waals surface area contributed by atoms with Crippen molar-refractivity contribution in [3.8, 4) is 0 Å². The van der Waals surface area contributed by atoms with E-state index < -0.39 is 0 Å². The number of nitrogens with zero attached hydrogens (tertiary/aromatic N) is 4. The van der Waals surface area contributed by atoms with Crippen molar-refractivity contribution in [2.45, 2.75) is 38.8 Å². The third-order valence-corrected chi connectivity index (χ3v) is 5.82. The summed E-state index contributed by atoms with van der Waals surface area (Å²) in [6, 6.07) is 7.57. The lowest BCUT2D eigenvalue weighted by atomic mass is 10.1. The van der Waals surface area contributed by atoms with Crippen molar-refractivity contribution in [2.75, 3.05) is 13.1 Å². The van der Waals surface area contributed by atoms with Crippen LogP contribution in [0.15, 0.2) is 35.8 Å². The van der Waals surface area contributed by atoms with Gasteiger partial charge in [-0.05, 0) is 43.8 Å². The maximum absolute atomic E-state index is 12.6. The molecule has 0 saturated carbocycles. The summed E-state index contributed by atoms with van der Waals surface area (Å²) in [7, 11) is 0. The zero-order chi connectivity index (χ0) is 20.4. The van der Waals surface area contributed by atoms with Gasteiger partial charge in [-0.1, -0.05) is 6.07 Å². The van der Waals surface area contributed by atoms with E-state index in [0.717, 1.165) is 17.1 Å². The SMILES string of the molecule is CC(C)NC(=O)N1CC[C@H](c2nnc3ccc(C(=O)NCc4cccs4)cn23)C1. The first-order valence-electron chi connectivity index (χ1n) is 9.72. The molecule has 1 saturated heterocycles. The topological polar surface area (TPSA) is 91.6 Å². The van der Waals surface area contributed by atoms with Crippen LogP contribution >= 0.6 is 11.3 Å². The molecule has 1 fully saturated rings. The highest BCUT2D eigenvalue weighted by Gasteiger charge is 2.30. The van der Waals surface area contributed by atoms with Crippen LogP contribution in [0, 0.1) is 0 Å². The molecular formula is C20H24N6O2S. The number of likely N-dealkylation sites (tertiary alicyclic amines) is 1. The molecule has 1 aliphatic heterocycles. The Kier molecular flexibility index (Phi) is 5.48. The molecule has 1 aliphatic rings.